The van der Waals surface area contributed by atoms with Crippen molar-refractivity contribution in [3.63, 3.8) is 0 Å². The van der Waals surface area contributed by atoms with Crippen LogP contribution in [0.5, 0.6) is 0 Å². The van der Waals surface area contributed by atoms with Crippen molar-refractivity contribution in [2.75, 3.05) is 0 Å². The highest BCUT2D eigenvalue weighted by Crippen LogP contribution is 2.32. The van der Waals surface area contributed by atoms with Gasteiger partial charge < -0.3 is 4.98 Å². The summed E-state index contributed by atoms with van der Waals surface area (Å²) in [6.45, 7) is 3.61. The molecule has 5 nitrogen and oxygen atoms in total. The molecule has 0 aliphatic heterocycles. The fourth-order valence-electron chi connectivity index (χ4n) is 2.70. The molecular formula is C17H13F3N4O. The summed E-state index contributed by atoms with van der Waals surface area (Å²) in [7, 11) is 0. The highest BCUT2D eigenvalue weighted by molar-refractivity contribution is 5.68. The SMILES string of the molecule is CC(C)c1c(-c2ccc(C(F)(F)F)cc2)[nH]c2c(C#N)cnn2c1=O. The van der Waals surface area contributed by atoms with E-state index in [9.17, 15) is 18.0 Å². The Morgan fingerprint density at radius 2 is 1.88 bits per heavy atom. The highest BCUT2D eigenvalue weighted by atomic mass is 19.4. The van der Waals surface area contributed by atoms with Crippen molar-refractivity contribution >= 4 is 5.65 Å². The van der Waals surface area contributed by atoms with Gasteiger partial charge in [-0.2, -0.15) is 28.0 Å². The fourth-order valence-corrected chi connectivity index (χ4v) is 2.70. The second-order valence-corrected chi connectivity index (χ2v) is 5.88. The molecule has 0 atom stereocenters. The molecule has 0 saturated heterocycles. The number of H-pyrrole nitrogens is 1. The Hall–Kier alpha value is -3.08. The molecule has 1 aromatic carbocycles. The Bertz CT molecular complexity index is 1040. The van der Waals surface area contributed by atoms with Gasteiger partial charge in [0.15, 0.2) is 5.65 Å². The lowest BCUT2D eigenvalue weighted by Gasteiger charge is -2.14. The van der Waals surface area contributed by atoms with Crippen LogP contribution in [0.2, 0.25) is 0 Å². The first-order valence-electron chi connectivity index (χ1n) is 7.45. The predicted octanol–water partition coefficient (Wildman–Crippen LogP) is 3.70. The molecular weight excluding hydrogens is 333 g/mol. The number of nitrogens with one attached hydrogen (secondary N) is 1. The molecule has 3 rings (SSSR count). The molecule has 0 radical (unpaired) electrons. The molecule has 8 heteroatoms. The normalized spacial score (nSPS) is 11.9. The maximum Gasteiger partial charge on any atom is 0.416 e. The maximum absolute atomic E-state index is 12.8. The van der Waals surface area contributed by atoms with Gasteiger partial charge in [-0.1, -0.05) is 26.0 Å². The molecule has 0 bridgehead atoms. The van der Waals surface area contributed by atoms with Crippen LogP contribution in [0.4, 0.5) is 13.2 Å². The molecule has 3 aromatic rings. The number of halogens is 3. The van der Waals surface area contributed by atoms with Crippen molar-refractivity contribution in [3.05, 3.63) is 57.5 Å². The quantitative estimate of drug-likeness (QED) is 0.769. The topological polar surface area (TPSA) is 73.9 Å². The maximum atomic E-state index is 12.8. The smallest absolute Gasteiger partial charge is 0.338 e. The number of hydrogen-bond acceptors (Lipinski definition) is 3. The van der Waals surface area contributed by atoms with Crippen LogP contribution in [-0.2, 0) is 6.18 Å². The lowest BCUT2D eigenvalue weighted by atomic mass is 9.97. The van der Waals surface area contributed by atoms with Gasteiger partial charge in [0, 0.05) is 5.56 Å². The van der Waals surface area contributed by atoms with Crippen LogP contribution < -0.4 is 5.56 Å². The third-order valence-electron chi connectivity index (χ3n) is 3.90. The average molecular weight is 346 g/mol. The van der Waals surface area contributed by atoms with E-state index >= 15 is 0 Å². The Morgan fingerprint density at radius 1 is 1.24 bits per heavy atom. The lowest BCUT2D eigenvalue weighted by Crippen LogP contribution is -2.22. The molecule has 0 fully saturated rings. The van der Waals surface area contributed by atoms with Crippen LogP contribution in [0.25, 0.3) is 16.9 Å². The standard InChI is InChI=1S/C17H13F3N4O/c1-9(2)13-14(10-3-5-12(6-4-10)17(18,19)20)23-15-11(7-21)8-22-24(15)16(13)25/h3-6,8-9,23H,1-2H3. The summed E-state index contributed by atoms with van der Waals surface area (Å²) in [4.78, 5) is 15.7. The number of fused-ring (bicyclic) bond motifs is 1. The predicted molar refractivity (Wildman–Crippen MR) is 85.1 cm³/mol. The summed E-state index contributed by atoms with van der Waals surface area (Å²) in [6, 6.07) is 6.46. The molecule has 2 aromatic heterocycles. The average Bonchev–Trinajstić information content (AvgIpc) is 2.97. The van der Waals surface area contributed by atoms with Crippen molar-refractivity contribution in [2.45, 2.75) is 25.9 Å². The molecule has 0 saturated carbocycles. The van der Waals surface area contributed by atoms with E-state index in [1.54, 1.807) is 13.8 Å². The molecule has 25 heavy (non-hydrogen) atoms. The van der Waals surface area contributed by atoms with Gasteiger partial charge in [-0.15, -0.1) is 0 Å². The van der Waals surface area contributed by atoms with Crippen LogP contribution in [0.15, 0.2) is 35.3 Å². The van der Waals surface area contributed by atoms with E-state index in [-0.39, 0.29) is 17.1 Å². The summed E-state index contributed by atoms with van der Waals surface area (Å²) in [5, 5.41) is 13.0. The van der Waals surface area contributed by atoms with E-state index in [1.807, 2.05) is 6.07 Å². The number of aromatic amines is 1. The van der Waals surface area contributed by atoms with Gasteiger partial charge in [0.1, 0.15) is 11.6 Å². The molecule has 0 aliphatic rings. The largest absolute Gasteiger partial charge is 0.416 e. The minimum atomic E-state index is -4.43. The Balaban J connectivity index is 2.29. The summed E-state index contributed by atoms with van der Waals surface area (Å²) < 4.78 is 39.4. The minimum Gasteiger partial charge on any atom is -0.338 e. The van der Waals surface area contributed by atoms with Gasteiger partial charge in [0.2, 0.25) is 0 Å². The monoisotopic (exact) mass is 346 g/mol. The summed E-state index contributed by atoms with van der Waals surface area (Å²) in [5.41, 5.74) is 0.430. The number of aromatic nitrogens is 3. The molecule has 2 heterocycles. The highest BCUT2D eigenvalue weighted by Gasteiger charge is 2.30. The van der Waals surface area contributed by atoms with Gasteiger partial charge in [-0.3, -0.25) is 4.79 Å². The number of alkyl halides is 3. The summed E-state index contributed by atoms with van der Waals surface area (Å²) in [6.07, 6.45) is -3.16. The molecule has 0 aliphatic carbocycles. The molecule has 0 unspecified atom stereocenters. The van der Waals surface area contributed by atoms with Crippen molar-refractivity contribution in [2.24, 2.45) is 0 Å². The second-order valence-electron chi connectivity index (χ2n) is 5.88. The zero-order valence-corrected chi connectivity index (χ0v) is 13.3. The van der Waals surface area contributed by atoms with E-state index in [4.69, 9.17) is 5.26 Å². The fraction of sp³-hybridized carbons (Fsp3) is 0.235. The first-order valence-corrected chi connectivity index (χ1v) is 7.45. The minimum absolute atomic E-state index is 0.181. The van der Waals surface area contributed by atoms with Gasteiger partial charge in [-0.05, 0) is 23.6 Å². The number of rotatable bonds is 2. The van der Waals surface area contributed by atoms with Gasteiger partial charge >= 0.3 is 6.18 Å². The van der Waals surface area contributed by atoms with Crippen LogP contribution in [0.1, 0.15) is 36.5 Å². The third-order valence-corrected chi connectivity index (χ3v) is 3.90. The first-order chi connectivity index (χ1) is 11.7. The Morgan fingerprint density at radius 3 is 2.40 bits per heavy atom. The van der Waals surface area contributed by atoms with Crippen molar-refractivity contribution in [1.29, 1.82) is 5.26 Å². The zero-order chi connectivity index (χ0) is 18.4. The van der Waals surface area contributed by atoms with Gasteiger partial charge in [0.25, 0.3) is 5.56 Å². The van der Waals surface area contributed by atoms with Crippen LogP contribution in [-0.4, -0.2) is 14.6 Å². The van der Waals surface area contributed by atoms with Crippen molar-refractivity contribution in [1.82, 2.24) is 14.6 Å². The first kappa shape index (κ1) is 16.8. The van der Waals surface area contributed by atoms with Gasteiger partial charge in [-0.25, -0.2) is 0 Å². The number of nitrogens with zero attached hydrogens (tertiary/aromatic N) is 3. The summed E-state index contributed by atoms with van der Waals surface area (Å²) in [5.74, 6) is -0.194. The van der Waals surface area contributed by atoms with Gasteiger partial charge in [0.05, 0.1) is 17.5 Å². The van der Waals surface area contributed by atoms with Crippen molar-refractivity contribution < 1.29 is 13.2 Å². The lowest BCUT2D eigenvalue weighted by molar-refractivity contribution is -0.137. The van der Waals surface area contributed by atoms with Crippen molar-refractivity contribution in [3.8, 4) is 17.3 Å². The van der Waals surface area contributed by atoms with Crippen LogP contribution >= 0.6 is 0 Å². The van der Waals surface area contributed by atoms with Crippen LogP contribution in [0, 0.1) is 11.3 Å². The van der Waals surface area contributed by atoms with E-state index in [0.717, 1.165) is 16.6 Å². The molecule has 128 valence electrons. The van der Waals surface area contributed by atoms with E-state index in [1.165, 1.54) is 18.3 Å². The van der Waals surface area contributed by atoms with E-state index in [2.05, 4.69) is 10.1 Å². The number of hydrogen-bond donors (Lipinski definition) is 1. The number of benzene rings is 1. The number of nitriles is 1. The molecule has 1 N–H and O–H groups in total. The Kier molecular flexibility index (Phi) is 3.87. The Labute approximate surface area is 140 Å². The molecule has 0 amide bonds. The van der Waals surface area contributed by atoms with E-state index in [0.29, 0.717) is 16.8 Å². The molecule has 0 spiro atoms. The summed E-state index contributed by atoms with van der Waals surface area (Å²) >= 11 is 0. The van der Waals surface area contributed by atoms with Crippen LogP contribution in [0.3, 0.4) is 0 Å². The zero-order valence-electron chi connectivity index (χ0n) is 13.3. The third kappa shape index (κ3) is 2.78. The second kappa shape index (κ2) is 5.77. The van der Waals surface area contributed by atoms with E-state index < -0.39 is 17.3 Å².